The predicted octanol–water partition coefficient (Wildman–Crippen LogP) is 1.93. The van der Waals surface area contributed by atoms with E-state index in [4.69, 9.17) is 18.0 Å². The number of hydrogen-bond donors (Lipinski definition) is 2. The van der Waals surface area contributed by atoms with Gasteiger partial charge in [-0.15, -0.1) is 0 Å². The molecule has 0 aromatic heterocycles. The molecule has 3 N–H and O–H groups in total. The van der Waals surface area contributed by atoms with Crippen molar-refractivity contribution in [3.8, 4) is 0 Å². The maximum absolute atomic E-state index is 13.6. The molecule has 0 aliphatic heterocycles. The molecule has 3 nitrogen and oxygen atoms in total. The molecule has 2 rings (SSSR count). The zero-order valence-electron chi connectivity index (χ0n) is 10.1. The van der Waals surface area contributed by atoms with Crippen molar-refractivity contribution in [1.29, 1.82) is 0 Å². The van der Waals surface area contributed by atoms with Gasteiger partial charge in [0.05, 0.1) is 16.6 Å². The standard InChI is InChI=1S/C13H15FN2OS/c1-7-2-5-9(10(14)6-7)13(17)16-11(12(15)18)8-3-4-8/h2,5-6,8,11H,3-4H2,1H3,(H2,15,18)(H,16,17). The van der Waals surface area contributed by atoms with Crippen molar-refractivity contribution in [1.82, 2.24) is 5.32 Å². The monoisotopic (exact) mass is 266 g/mol. The molecule has 1 saturated carbocycles. The highest BCUT2D eigenvalue weighted by Crippen LogP contribution is 2.33. The largest absolute Gasteiger partial charge is 0.392 e. The summed E-state index contributed by atoms with van der Waals surface area (Å²) in [5.74, 6) is -0.679. The lowest BCUT2D eigenvalue weighted by Gasteiger charge is -2.17. The van der Waals surface area contributed by atoms with Gasteiger partial charge in [-0.1, -0.05) is 18.3 Å². The van der Waals surface area contributed by atoms with Crippen molar-refractivity contribution in [2.45, 2.75) is 25.8 Å². The van der Waals surface area contributed by atoms with E-state index in [1.165, 1.54) is 12.1 Å². The molecular weight excluding hydrogens is 251 g/mol. The van der Waals surface area contributed by atoms with E-state index < -0.39 is 11.7 Å². The predicted molar refractivity (Wildman–Crippen MR) is 71.9 cm³/mol. The Morgan fingerprint density at radius 2 is 2.22 bits per heavy atom. The van der Waals surface area contributed by atoms with Crippen LogP contribution < -0.4 is 11.1 Å². The first-order valence-corrected chi connectivity index (χ1v) is 6.26. The third kappa shape index (κ3) is 2.85. The Morgan fingerprint density at radius 1 is 1.56 bits per heavy atom. The van der Waals surface area contributed by atoms with E-state index in [0.29, 0.717) is 5.92 Å². The van der Waals surface area contributed by atoms with Crippen LogP contribution in [0, 0.1) is 18.7 Å². The van der Waals surface area contributed by atoms with Crippen LogP contribution in [-0.2, 0) is 0 Å². The minimum Gasteiger partial charge on any atom is -0.392 e. The molecule has 1 aromatic carbocycles. The van der Waals surface area contributed by atoms with Crippen LogP contribution in [0.5, 0.6) is 0 Å². The Kier molecular flexibility index (Phi) is 3.61. The van der Waals surface area contributed by atoms with E-state index in [1.54, 1.807) is 13.0 Å². The summed E-state index contributed by atoms with van der Waals surface area (Å²) in [5.41, 5.74) is 6.39. The molecule has 1 aliphatic rings. The first-order valence-electron chi connectivity index (χ1n) is 5.85. The Balaban J connectivity index is 2.13. The number of nitrogens with one attached hydrogen (secondary N) is 1. The van der Waals surface area contributed by atoms with Crippen molar-refractivity contribution in [3.05, 3.63) is 35.1 Å². The minimum absolute atomic E-state index is 0.0301. The van der Waals surface area contributed by atoms with Gasteiger partial charge in [0.2, 0.25) is 0 Å². The SMILES string of the molecule is Cc1ccc(C(=O)NC(C(N)=S)C2CC2)c(F)c1. The van der Waals surface area contributed by atoms with Gasteiger partial charge in [-0.2, -0.15) is 0 Å². The Hall–Kier alpha value is -1.49. The van der Waals surface area contributed by atoms with Crippen LogP contribution in [0.1, 0.15) is 28.8 Å². The summed E-state index contributed by atoms with van der Waals surface area (Å²) in [7, 11) is 0. The highest BCUT2D eigenvalue weighted by Gasteiger charge is 2.34. The lowest BCUT2D eigenvalue weighted by molar-refractivity contribution is 0.0940. The minimum atomic E-state index is -0.523. The van der Waals surface area contributed by atoms with Gasteiger partial charge in [-0.3, -0.25) is 4.79 Å². The van der Waals surface area contributed by atoms with Gasteiger partial charge in [0.1, 0.15) is 5.82 Å². The van der Waals surface area contributed by atoms with E-state index >= 15 is 0 Å². The summed E-state index contributed by atoms with van der Waals surface area (Å²) in [6, 6.07) is 4.18. The molecule has 1 fully saturated rings. The number of amides is 1. The van der Waals surface area contributed by atoms with Crippen LogP contribution in [0.2, 0.25) is 0 Å². The number of rotatable bonds is 4. The van der Waals surface area contributed by atoms with Gasteiger partial charge >= 0.3 is 0 Å². The first-order chi connectivity index (χ1) is 8.49. The molecule has 0 spiro atoms. The second kappa shape index (κ2) is 5.02. The van der Waals surface area contributed by atoms with Crippen LogP contribution in [0.25, 0.3) is 0 Å². The first kappa shape index (κ1) is 13.0. The Labute approximate surface area is 111 Å². The van der Waals surface area contributed by atoms with E-state index in [1.807, 2.05) is 0 Å². The van der Waals surface area contributed by atoms with Crippen LogP contribution in [0.4, 0.5) is 4.39 Å². The van der Waals surface area contributed by atoms with Gasteiger partial charge < -0.3 is 11.1 Å². The number of benzene rings is 1. The van der Waals surface area contributed by atoms with Crippen molar-refractivity contribution in [2.75, 3.05) is 0 Å². The number of carbonyl (C=O) groups is 1. The maximum atomic E-state index is 13.6. The lowest BCUT2D eigenvalue weighted by atomic mass is 10.1. The second-order valence-corrected chi connectivity index (χ2v) is 5.15. The Morgan fingerprint density at radius 3 is 2.72 bits per heavy atom. The average molecular weight is 266 g/mol. The van der Waals surface area contributed by atoms with Crippen LogP contribution in [0.3, 0.4) is 0 Å². The summed E-state index contributed by atoms with van der Waals surface area (Å²) in [6.07, 6.45) is 2.00. The molecule has 1 aromatic rings. The van der Waals surface area contributed by atoms with Crippen molar-refractivity contribution in [2.24, 2.45) is 11.7 Å². The fourth-order valence-corrected chi connectivity index (χ4v) is 2.13. The zero-order valence-corrected chi connectivity index (χ0v) is 10.9. The molecule has 0 heterocycles. The van der Waals surface area contributed by atoms with E-state index in [0.717, 1.165) is 18.4 Å². The van der Waals surface area contributed by atoms with Crippen molar-refractivity contribution < 1.29 is 9.18 Å². The highest BCUT2D eigenvalue weighted by atomic mass is 32.1. The van der Waals surface area contributed by atoms with Crippen LogP contribution >= 0.6 is 12.2 Å². The summed E-state index contributed by atoms with van der Waals surface area (Å²) < 4.78 is 13.6. The number of hydrogen-bond acceptors (Lipinski definition) is 2. The van der Waals surface area contributed by atoms with Crippen molar-refractivity contribution in [3.63, 3.8) is 0 Å². The smallest absolute Gasteiger partial charge is 0.254 e. The number of halogens is 1. The topological polar surface area (TPSA) is 55.1 Å². The van der Waals surface area contributed by atoms with Crippen LogP contribution in [-0.4, -0.2) is 16.9 Å². The lowest BCUT2D eigenvalue weighted by Crippen LogP contribution is -2.45. The number of aryl methyl sites for hydroxylation is 1. The van der Waals surface area contributed by atoms with Gasteiger partial charge in [-0.05, 0) is 43.4 Å². The maximum Gasteiger partial charge on any atom is 0.254 e. The fraction of sp³-hybridized carbons (Fsp3) is 0.385. The number of carbonyl (C=O) groups excluding carboxylic acids is 1. The molecule has 0 radical (unpaired) electrons. The van der Waals surface area contributed by atoms with E-state index in [2.05, 4.69) is 5.32 Å². The number of nitrogens with two attached hydrogens (primary N) is 1. The molecule has 5 heteroatoms. The molecule has 18 heavy (non-hydrogen) atoms. The third-order valence-corrected chi connectivity index (χ3v) is 3.31. The normalized spacial score (nSPS) is 16.1. The van der Waals surface area contributed by atoms with Crippen LogP contribution in [0.15, 0.2) is 18.2 Å². The highest BCUT2D eigenvalue weighted by molar-refractivity contribution is 7.80. The quantitative estimate of drug-likeness (QED) is 0.819. The van der Waals surface area contributed by atoms with Gasteiger partial charge in [0.15, 0.2) is 0 Å². The summed E-state index contributed by atoms with van der Waals surface area (Å²) in [5, 5.41) is 2.71. The molecule has 1 amide bonds. The molecule has 0 bridgehead atoms. The summed E-state index contributed by atoms with van der Waals surface area (Å²) in [6.45, 7) is 1.77. The molecule has 96 valence electrons. The van der Waals surface area contributed by atoms with Gasteiger partial charge in [-0.25, -0.2) is 4.39 Å². The third-order valence-electron chi connectivity index (χ3n) is 3.06. The molecule has 1 aliphatic carbocycles. The molecule has 0 saturated heterocycles. The molecular formula is C13H15FN2OS. The second-order valence-electron chi connectivity index (χ2n) is 4.67. The van der Waals surface area contributed by atoms with Gasteiger partial charge in [0, 0.05) is 0 Å². The summed E-state index contributed by atoms with van der Waals surface area (Å²) >= 11 is 4.92. The fourth-order valence-electron chi connectivity index (χ4n) is 1.87. The van der Waals surface area contributed by atoms with Crippen molar-refractivity contribution >= 4 is 23.1 Å². The average Bonchev–Trinajstić information content (AvgIpc) is 3.08. The zero-order chi connectivity index (χ0) is 13.3. The van der Waals surface area contributed by atoms with Gasteiger partial charge in [0.25, 0.3) is 5.91 Å². The number of thiocarbonyl (C=S) groups is 1. The molecule has 1 atom stereocenters. The summed E-state index contributed by atoms with van der Waals surface area (Å²) in [4.78, 5) is 12.2. The Bertz CT molecular complexity index is 500. The van der Waals surface area contributed by atoms with E-state index in [9.17, 15) is 9.18 Å². The molecule has 1 unspecified atom stereocenters. The van der Waals surface area contributed by atoms with E-state index in [-0.39, 0.29) is 16.6 Å².